The van der Waals surface area contributed by atoms with E-state index in [0.717, 1.165) is 38.4 Å². The Morgan fingerprint density at radius 3 is 2.24 bits per heavy atom. The number of pyridine rings is 1. The average Bonchev–Trinajstić information content (AvgIpc) is 3.43. The van der Waals surface area contributed by atoms with Gasteiger partial charge in [0.05, 0.1) is 22.4 Å². The van der Waals surface area contributed by atoms with Gasteiger partial charge in [-0.3, -0.25) is 0 Å². The molecule has 4 heterocycles. The van der Waals surface area contributed by atoms with Crippen molar-refractivity contribution in [2.24, 2.45) is 0 Å². The second-order valence-corrected chi connectivity index (χ2v) is 7.53. The van der Waals surface area contributed by atoms with Crippen LogP contribution in [-0.4, -0.2) is 15.0 Å². The summed E-state index contributed by atoms with van der Waals surface area (Å²) in [5.74, 6) is 0. The molecule has 120 valence electrons. The number of thiophene rings is 2. The van der Waals surface area contributed by atoms with Gasteiger partial charge in [-0.1, -0.05) is 42.5 Å². The summed E-state index contributed by atoms with van der Waals surface area (Å²) in [7, 11) is 0. The van der Waals surface area contributed by atoms with Gasteiger partial charge in [0.2, 0.25) is 0 Å². The Bertz CT molecular complexity index is 1120. The van der Waals surface area contributed by atoms with Crippen LogP contribution in [0.15, 0.2) is 71.7 Å². The highest BCUT2D eigenvalue weighted by Crippen LogP contribution is 2.41. The molecule has 0 spiro atoms. The first-order chi connectivity index (χ1) is 12.4. The van der Waals surface area contributed by atoms with Gasteiger partial charge in [0.1, 0.15) is 11.2 Å². The quantitative estimate of drug-likeness (QED) is 0.424. The number of benzene rings is 1. The zero-order valence-corrected chi connectivity index (χ0v) is 14.8. The predicted octanol–water partition coefficient (Wildman–Crippen LogP) is 6.08. The van der Waals surface area contributed by atoms with E-state index in [1.54, 1.807) is 29.0 Å². The molecular formula is C20H13N3S2. The monoisotopic (exact) mass is 359 g/mol. The third-order valence-electron chi connectivity index (χ3n) is 4.14. The van der Waals surface area contributed by atoms with Crippen molar-refractivity contribution in [3.05, 3.63) is 71.7 Å². The van der Waals surface area contributed by atoms with Crippen molar-refractivity contribution in [2.75, 3.05) is 0 Å². The summed E-state index contributed by atoms with van der Waals surface area (Å²) in [6, 6.07) is 18.7. The molecule has 5 aromatic rings. The van der Waals surface area contributed by atoms with Crippen LogP contribution >= 0.6 is 22.7 Å². The number of rotatable bonds is 3. The topological polar surface area (TPSA) is 41.6 Å². The van der Waals surface area contributed by atoms with E-state index in [0.29, 0.717) is 0 Å². The molecule has 0 radical (unpaired) electrons. The van der Waals surface area contributed by atoms with Crippen LogP contribution in [0.1, 0.15) is 0 Å². The number of nitrogens with zero attached hydrogens (tertiary/aromatic N) is 2. The molecule has 0 atom stereocenters. The number of fused-ring (bicyclic) bond motifs is 1. The largest absolute Gasteiger partial charge is 0.343 e. The van der Waals surface area contributed by atoms with E-state index < -0.39 is 0 Å². The maximum absolute atomic E-state index is 5.09. The molecule has 0 aliphatic carbocycles. The average molecular weight is 359 g/mol. The first-order valence-corrected chi connectivity index (χ1v) is 9.68. The molecule has 0 saturated carbocycles. The van der Waals surface area contributed by atoms with Crippen molar-refractivity contribution >= 4 is 33.7 Å². The molecule has 0 amide bonds. The molecule has 0 bridgehead atoms. The molecule has 0 saturated heterocycles. The number of hydrogen-bond acceptors (Lipinski definition) is 4. The van der Waals surface area contributed by atoms with E-state index in [9.17, 15) is 0 Å². The van der Waals surface area contributed by atoms with Gasteiger partial charge in [0.25, 0.3) is 0 Å². The van der Waals surface area contributed by atoms with Crippen LogP contribution in [0, 0.1) is 0 Å². The molecule has 4 aromatic heterocycles. The number of hydrogen-bond donors (Lipinski definition) is 1. The maximum atomic E-state index is 5.09. The molecule has 1 aromatic carbocycles. The summed E-state index contributed by atoms with van der Waals surface area (Å²) >= 11 is 3.41. The van der Waals surface area contributed by atoms with Crippen LogP contribution in [0.2, 0.25) is 0 Å². The number of H-pyrrole nitrogens is 1. The molecule has 0 aliphatic rings. The summed E-state index contributed by atoms with van der Waals surface area (Å²) in [4.78, 5) is 15.4. The van der Waals surface area contributed by atoms with E-state index in [-0.39, 0.29) is 0 Å². The van der Waals surface area contributed by atoms with Crippen LogP contribution in [-0.2, 0) is 0 Å². The standard InChI is InChI=1S/C20H13N3S2/c1-2-6-13(7-3-1)17-16(14-8-4-10-24-14)19-20(22-12-21-19)18(23-17)15-9-5-11-25-15/h1-12H,(H,21,22). The van der Waals surface area contributed by atoms with Crippen molar-refractivity contribution in [1.82, 2.24) is 15.0 Å². The van der Waals surface area contributed by atoms with Crippen LogP contribution < -0.4 is 0 Å². The minimum Gasteiger partial charge on any atom is -0.343 e. The minimum absolute atomic E-state index is 0.960. The Hall–Kier alpha value is -2.76. The normalized spacial score (nSPS) is 11.2. The van der Waals surface area contributed by atoms with E-state index >= 15 is 0 Å². The maximum Gasteiger partial charge on any atom is 0.107 e. The van der Waals surface area contributed by atoms with Gasteiger partial charge in [-0.25, -0.2) is 9.97 Å². The molecule has 25 heavy (non-hydrogen) atoms. The van der Waals surface area contributed by atoms with E-state index in [2.05, 4.69) is 69.3 Å². The third kappa shape index (κ3) is 2.40. The molecular weight excluding hydrogens is 346 g/mol. The lowest BCUT2D eigenvalue weighted by Gasteiger charge is -2.11. The van der Waals surface area contributed by atoms with Gasteiger partial charge in [-0.05, 0) is 22.9 Å². The Balaban J connectivity index is 1.91. The Morgan fingerprint density at radius 1 is 0.760 bits per heavy atom. The SMILES string of the molecule is c1ccc(-c2nc(-c3cccs3)c3[nH]cnc3c2-c2cccs2)cc1. The lowest BCUT2D eigenvalue weighted by molar-refractivity contribution is 1.33. The molecule has 1 N–H and O–H groups in total. The number of imidazole rings is 1. The molecule has 0 unspecified atom stereocenters. The Kier molecular flexibility index (Phi) is 3.47. The van der Waals surface area contributed by atoms with Crippen molar-refractivity contribution in [3.8, 4) is 32.3 Å². The Morgan fingerprint density at radius 2 is 1.52 bits per heavy atom. The fourth-order valence-electron chi connectivity index (χ4n) is 3.05. The van der Waals surface area contributed by atoms with Crippen molar-refractivity contribution in [2.45, 2.75) is 0 Å². The summed E-state index contributed by atoms with van der Waals surface area (Å²) < 4.78 is 0. The third-order valence-corrected chi connectivity index (χ3v) is 5.91. The first-order valence-electron chi connectivity index (χ1n) is 7.92. The highest BCUT2D eigenvalue weighted by atomic mass is 32.1. The number of aromatic amines is 1. The van der Waals surface area contributed by atoms with Gasteiger partial charge in [0, 0.05) is 16.0 Å². The van der Waals surface area contributed by atoms with Crippen molar-refractivity contribution in [1.29, 1.82) is 0 Å². The fraction of sp³-hybridized carbons (Fsp3) is 0. The zero-order valence-electron chi connectivity index (χ0n) is 13.1. The number of nitrogens with one attached hydrogen (secondary N) is 1. The van der Waals surface area contributed by atoms with Gasteiger partial charge < -0.3 is 4.98 Å². The highest BCUT2D eigenvalue weighted by Gasteiger charge is 2.20. The molecule has 0 fully saturated rings. The van der Waals surface area contributed by atoms with Crippen LogP contribution in [0.5, 0.6) is 0 Å². The van der Waals surface area contributed by atoms with Crippen molar-refractivity contribution in [3.63, 3.8) is 0 Å². The summed E-state index contributed by atoms with van der Waals surface area (Å²) in [6.45, 7) is 0. The highest BCUT2D eigenvalue weighted by molar-refractivity contribution is 7.14. The van der Waals surface area contributed by atoms with Crippen LogP contribution in [0.3, 0.4) is 0 Å². The summed E-state index contributed by atoms with van der Waals surface area (Å²) in [6.07, 6.45) is 1.76. The first kappa shape index (κ1) is 14.6. The number of aromatic nitrogens is 3. The van der Waals surface area contributed by atoms with Gasteiger partial charge in [-0.2, -0.15) is 0 Å². The lowest BCUT2D eigenvalue weighted by atomic mass is 10.0. The lowest BCUT2D eigenvalue weighted by Crippen LogP contribution is -1.94. The van der Waals surface area contributed by atoms with Gasteiger partial charge in [0.15, 0.2) is 0 Å². The Labute approximate surface area is 152 Å². The minimum atomic E-state index is 0.960. The van der Waals surface area contributed by atoms with Gasteiger partial charge in [-0.15, -0.1) is 22.7 Å². The molecule has 0 aliphatic heterocycles. The zero-order chi connectivity index (χ0) is 16.6. The molecule has 5 heteroatoms. The van der Waals surface area contributed by atoms with Crippen LogP contribution in [0.25, 0.3) is 43.3 Å². The fourth-order valence-corrected chi connectivity index (χ4v) is 4.54. The van der Waals surface area contributed by atoms with E-state index in [1.165, 1.54) is 4.88 Å². The molecule has 3 nitrogen and oxygen atoms in total. The summed E-state index contributed by atoms with van der Waals surface area (Å²) in [5, 5.41) is 4.17. The van der Waals surface area contributed by atoms with E-state index in [1.807, 2.05) is 6.07 Å². The van der Waals surface area contributed by atoms with Crippen molar-refractivity contribution < 1.29 is 0 Å². The molecule has 5 rings (SSSR count). The summed E-state index contributed by atoms with van der Waals surface area (Å²) in [5.41, 5.74) is 6.10. The van der Waals surface area contributed by atoms with Gasteiger partial charge >= 0.3 is 0 Å². The van der Waals surface area contributed by atoms with Crippen LogP contribution in [0.4, 0.5) is 0 Å². The smallest absolute Gasteiger partial charge is 0.107 e. The second-order valence-electron chi connectivity index (χ2n) is 5.63. The second kappa shape index (κ2) is 5.95. The predicted molar refractivity (Wildman–Crippen MR) is 106 cm³/mol. The van der Waals surface area contributed by atoms with E-state index in [4.69, 9.17) is 4.98 Å².